The van der Waals surface area contributed by atoms with Gasteiger partial charge in [0.05, 0.1) is 24.5 Å². The smallest absolute Gasteiger partial charge is 0.230 e. The summed E-state index contributed by atoms with van der Waals surface area (Å²) in [4.78, 5) is 32.1. The SMILES string of the molecule is C[C@@H](CCc1ccccc1)NC(=O)[C@@H]1[C@H]2C(=O)N(CCc3c[nH]c4ccccc34)C[C@]23C=C[C@H]1O3. The molecular weight excluding hydrogens is 438 g/mol. The Morgan fingerprint density at radius 2 is 1.97 bits per heavy atom. The topological polar surface area (TPSA) is 74.4 Å². The minimum absolute atomic E-state index is 0.0243. The zero-order chi connectivity index (χ0) is 24.0. The first kappa shape index (κ1) is 22.1. The summed E-state index contributed by atoms with van der Waals surface area (Å²) in [5, 5.41) is 4.36. The van der Waals surface area contributed by atoms with Gasteiger partial charge in [-0.05, 0) is 43.4 Å². The third-order valence-corrected chi connectivity index (χ3v) is 7.90. The fourth-order valence-corrected chi connectivity index (χ4v) is 6.10. The number of benzene rings is 2. The Kier molecular flexibility index (Phi) is 5.49. The second-order valence-electron chi connectivity index (χ2n) is 10.2. The maximum absolute atomic E-state index is 13.5. The summed E-state index contributed by atoms with van der Waals surface area (Å²) in [5.41, 5.74) is 2.89. The fraction of sp³-hybridized carbons (Fsp3) is 0.379. The van der Waals surface area contributed by atoms with Crippen molar-refractivity contribution in [3.63, 3.8) is 0 Å². The standard InChI is InChI=1S/C29H31N3O3/c1-19(11-12-20-7-3-2-4-8-20)31-27(33)25-24-13-15-29(35-24)18-32(28(34)26(25)29)16-14-21-17-30-23-10-6-5-9-22(21)23/h2-10,13,15,17,19,24-26,30H,11-12,14,16,18H2,1H3,(H,31,33)/t19-,24+,25-,26-,29+/m0/s1. The van der Waals surface area contributed by atoms with Gasteiger partial charge in [0.2, 0.25) is 11.8 Å². The number of carbonyl (C=O) groups excluding carboxylic acids is 2. The van der Waals surface area contributed by atoms with Gasteiger partial charge in [-0.3, -0.25) is 9.59 Å². The van der Waals surface area contributed by atoms with Crippen LogP contribution in [0, 0.1) is 11.8 Å². The molecule has 3 aromatic rings. The Morgan fingerprint density at radius 1 is 1.17 bits per heavy atom. The molecule has 2 fully saturated rings. The van der Waals surface area contributed by atoms with Gasteiger partial charge in [0.15, 0.2) is 0 Å². The molecular formula is C29H31N3O3. The summed E-state index contributed by atoms with van der Waals surface area (Å²) in [6, 6.07) is 18.5. The number of aryl methyl sites for hydroxylation is 1. The van der Waals surface area contributed by atoms with Crippen LogP contribution in [0.4, 0.5) is 0 Å². The number of carbonyl (C=O) groups is 2. The van der Waals surface area contributed by atoms with Gasteiger partial charge in [0, 0.05) is 29.7 Å². The zero-order valence-electron chi connectivity index (χ0n) is 19.9. The average molecular weight is 470 g/mol. The Balaban J connectivity index is 1.11. The van der Waals surface area contributed by atoms with Crippen LogP contribution < -0.4 is 5.32 Å². The molecule has 0 unspecified atom stereocenters. The normalized spacial score (nSPS) is 27.5. The molecule has 2 amide bonds. The van der Waals surface area contributed by atoms with Crippen LogP contribution in [0.25, 0.3) is 10.9 Å². The molecule has 0 saturated carbocycles. The first-order chi connectivity index (χ1) is 17.0. The van der Waals surface area contributed by atoms with E-state index in [1.54, 1.807) is 0 Å². The predicted molar refractivity (Wildman–Crippen MR) is 135 cm³/mol. The highest BCUT2D eigenvalue weighted by Crippen LogP contribution is 2.51. The van der Waals surface area contributed by atoms with E-state index in [1.165, 1.54) is 16.5 Å². The molecule has 2 aromatic carbocycles. The molecule has 4 heterocycles. The third-order valence-electron chi connectivity index (χ3n) is 7.90. The number of nitrogens with one attached hydrogen (secondary N) is 2. The minimum atomic E-state index is -0.669. The van der Waals surface area contributed by atoms with E-state index in [9.17, 15) is 9.59 Å². The van der Waals surface area contributed by atoms with Crippen LogP contribution in [0.2, 0.25) is 0 Å². The van der Waals surface area contributed by atoms with Crippen molar-refractivity contribution in [1.29, 1.82) is 0 Å². The van der Waals surface area contributed by atoms with Crippen LogP contribution in [0.3, 0.4) is 0 Å². The highest BCUT2D eigenvalue weighted by atomic mass is 16.5. The van der Waals surface area contributed by atoms with E-state index in [2.05, 4.69) is 34.6 Å². The summed E-state index contributed by atoms with van der Waals surface area (Å²) in [7, 11) is 0. The number of H-pyrrole nitrogens is 1. The molecule has 3 aliphatic rings. The van der Waals surface area contributed by atoms with Crippen LogP contribution in [0.15, 0.2) is 72.9 Å². The third kappa shape index (κ3) is 3.86. The fourth-order valence-electron chi connectivity index (χ4n) is 6.10. The summed E-state index contributed by atoms with van der Waals surface area (Å²) in [6.45, 7) is 3.16. The Morgan fingerprint density at radius 3 is 2.83 bits per heavy atom. The summed E-state index contributed by atoms with van der Waals surface area (Å²) in [5.74, 6) is -0.945. The van der Waals surface area contributed by atoms with E-state index in [1.807, 2.05) is 60.5 Å². The van der Waals surface area contributed by atoms with Crippen LogP contribution in [0.1, 0.15) is 24.5 Å². The van der Waals surface area contributed by atoms with Gasteiger partial charge in [-0.1, -0.05) is 60.7 Å². The molecule has 6 heteroatoms. The van der Waals surface area contributed by atoms with E-state index in [0.29, 0.717) is 13.1 Å². The molecule has 5 atom stereocenters. The molecule has 0 aliphatic carbocycles. The number of likely N-dealkylation sites (tertiary alicyclic amines) is 1. The van der Waals surface area contributed by atoms with Crippen molar-refractivity contribution in [1.82, 2.24) is 15.2 Å². The molecule has 6 nitrogen and oxygen atoms in total. The number of hydrogen-bond acceptors (Lipinski definition) is 3. The maximum atomic E-state index is 13.5. The van der Waals surface area contributed by atoms with Gasteiger partial charge in [-0.2, -0.15) is 0 Å². The highest BCUT2D eigenvalue weighted by molar-refractivity contribution is 5.93. The van der Waals surface area contributed by atoms with Crippen molar-refractivity contribution in [3.05, 3.63) is 84.1 Å². The van der Waals surface area contributed by atoms with E-state index in [4.69, 9.17) is 4.74 Å². The van der Waals surface area contributed by atoms with Crippen molar-refractivity contribution in [3.8, 4) is 0 Å². The van der Waals surface area contributed by atoms with Crippen LogP contribution in [0.5, 0.6) is 0 Å². The van der Waals surface area contributed by atoms with Gasteiger partial charge in [0.25, 0.3) is 0 Å². The van der Waals surface area contributed by atoms with E-state index < -0.39 is 17.4 Å². The van der Waals surface area contributed by atoms with E-state index >= 15 is 0 Å². The summed E-state index contributed by atoms with van der Waals surface area (Å²) in [6.07, 6.45) is 8.23. The number of amides is 2. The number of rotatable bonds is 8. The average Bonchev–Trinajstić information content (AvgIpc) is 3.62. The summed E-state index contributed by atoms with van der Waals surface area (Å²) >= 11 is 0. The quantitative estimate of drug-likeness (QED) is 0.495. The van der Waals surface area contributed by atoms with Gasteiger partial charge < -0.3 is 19.9 Å². The van der Waals surface area contributed by atoms with Crippen LogP contribution in [-0.2, 0) is 27.2 Å². The van der Waals surface area contributed by atoms with E-state index in [-0.39, 0.29) is 24.0 Å². The van der Waals surface area contributed by atoms with Crippen molar-refractivity contribution in [2.75, 3.05) is 13.1 Å². The Hall–Kier alpha value is -3.38. The molecule has 2 saturated heterocycles. The predicted octanol–water partition coefficient (Wildman–Crippen LogP) is 3.63. The number of aromatic nitrogens is 1. The number of fused-ring (bicyclic) bond motifs is 2. The first-order valence-corrected chi connectivity index (χ1v) is 12.6. The van der Waals surface area contributed by atoms with Gasteiger partial charge in [-0.15, -0.1) is 0 Å². The zero-order valence-corrected chi connectivity index (χ0v) is 19.9. The Bertz CT molecular complexity index is 1280. The molecule has 35 heavy (non-hydrogen) atoms. The van der Waals surface area contributed by atoms with Crippen LogP contribution >= 0.6 is 0 Å². The number of aromatic amines is 1. The second-order valence-corrected chi connectivity index (χ2v) is 10.2. The van der Waals surface area contributed by atoms with Gasteiger partial charge >= 0.3 is 0 Å². The number of para-hydroxylation sites is 1. The monoisotopic (exact) mass is 469 g/mol. The first-order valence-electron chi connectivity index (χ1n) is 12.6. The lowest BCUT2D eigenvalue weighted by atomic mass is 9.76. The molecule has 180 valence electrons. The lowest BCUT2D eigenvalue weighted by molar-refractivity contribution is -0.137. The molecule has 3 aliphatic heterocycles. The van der Waals surface area contributed by atoms with Crippen molar-refractivity contribution >= 4 is 22.7 Å². The molecule has 6 rings (SSSR count). The number of nitrogens with zero attached hydrogens (tertiary/aromatic N) is 1. The lowest BCUT2D eigenvalue weighted by Gasteiger charge is -2.25. The molecule has 2 bridgehead atoms. The Labute approximate surface area is 205 Å². The lowest BCUT2D eigenvalue weighted by Crippen LogP contribution is -2.46. The largest absolute Gasteiger partial charge is 0.361 e. The minimum Gasteiger partial charge on any atom is -0.361 e. The highest BCUT2D eigenvalue weighted by Gasteiger charge is 2.66. The molecule has 2 N–H and O–H groups in total. The molecule has 0 radical (unpaired) electrons. The number of hydrogen-bond donors (Lipinski definition) is 2. The number of ether oxygens (including phenoxy) is 1. The van der Waals surface area contributed by atoms with Gasteiger partial charge in [-0.25, -0.2) is 0 Å². The van der Waals surface area contributed by atoms with Gasteiger partial charge in [0.1, 0.15) is 5.60 Å². The van der Waals surface area contributed by atoms with Crippen molar-refractivity contribution in [2.24, 2.45) is 11.8 Å². The second kappa shape index (κ2) is 8.68. The van der Waals surface area contributed by atoms with E-state index in [0.717, 1.165) is 24.8 Å². The maximum Gasteiger partial charge on any atom is 0.230 e. The van der Waals surface area contributed by atoms with Crippen LogP contribution in [-0.4, -0.2) is 52.5 Å². The summed E-state index contributed by atoms with van der Waals surface area (Å²) < 4.78 is 6.30. The van der Waals surface area contributed by atoms with Crippen molar-refractivity contribution in [2.45, 2.75) is 43.9 Å². The molecule has 1 aromatic heterocycles. The molecule has 1 spiro atoms. The van der Waals surface area contributed by atoms with Crippen molar-refractivity contribution < 1.29 is 14.3 Å².